The predicted octanol–water partition coefficient (Wildman–Crippen LogP) is -0.368. The van der Waals surface area contributed by atoms with Crippen molar-refractivity contribution in [3.63, 3.8) is 0 Å². The lowest BCUT2D eigenvalue weighted by molar-refractivity contribution is -0.133. The monoisotopic (exact) mass is 262 g/mol. The first-order chi connectivity index (χ1) is 9.18. The van der Waals surface area contributed by atoms with E-state index in [4.69, 9.17) is 0 Å². The van der Waals surface area contributed by atoms with Crippen LogP contribution in [0.25, 0.3) is 0 Å². The maximum atomic E-state index is 12.1. The molecule has 2 N–H and O–H groups in total. The largest absolute Gasteiger partial charge is 0.340 e. The summed E-state index contributed by atoms with van der Waals surface area (Å²) in [5, 5.41) is 5.89. The summed E-state index contributed by atoms with van der Waals surface area (Å²) >= 11 is 0. The van der Waals surface area contributed by atoms with E-state index >= 15 is 0 Å². The Morgan fingerprint density at radius 2 is 2.16 bits per heavy atom. The van der Waals surface area contributed by atoms with E-state index in [1.165, 1.54) is 6.20 Å². The number of pyridine rings is 1. The quantitative estimate of drug-likeness (QED) is 0.779. The number of nitrogens with zero attached hydrogens (tertiary/aromatic N) is 2. The zero-order chi connectivity index (χ0) is 13.7. The van der Waals surface area contributed by atoms with Crippen molar-refractivity contribution in [1.82, 2.24) is 20.5 Å². The summed E-state index contributed by atoms with van der Waals surface area (Å²) < 4.78 is 0. The van der Waals surface area contributed by atoms with Crippen LogP contribution in [0.5, 0.6) is 0 Å². The van der Waals surface area contributed by atoms with Gasteiger partial charge in [-0.2, -0.15) is 0 Å². The second-order valence-corrected chi connectivity index (χ2v) is 4.51. The highest BCUT2D eigenvalue weighted by atomic mass is 16.2. The molecule has 1 saturated heterocycles. The first-order valence-corrected chi connectivity index (χ1v) is 6.39. The van der Waals surface area contributed by atoms with E-state index in [1.807, 2.05) is 0 Å². The molecule has 2 heterocycles. The summed E-state index contributed by atoms with van der Waals surface area (Å²) in [5.74, 6) is -0.317. The smallest absolute Gasteiger partial charge is 0.253 e. The van der Waals surface area contributed by atoms with E-state index in [0.717, 1.165) is 13.1 Å². The van der Waals surface area contributed by atoms with Gasteiger partial charge in [-0.15, -0.1) is 0 Å². The van der Waals surface area contributed by atoms with Gasteiger partial charge in [-0.1, -0.05) is 0 Å². The highest BCUT2D eigenvalue weighted by molar-refractivity contribution is 5.97. The molecule has 1 aliphatic rings. The first-order valence-electron chi connectivity index (χ1n) is 6.39. The highest BCUT2D eigenvalue weighted by Gasteiger charge is 2.23. The van der Waals surface area contributed by atoms with Gasteiger partial charge < -0.3 is 15.5 Å². The summed E-state index contributed by atoms with van der Waals surface area (Å²) in [4.78, 5) is 29.7. The Morgan fingerprint density at radius 3 is 2.79 bits per heavy atom. The Kier molecular flexibility index (Phi) is 4.46. The number of aromatic nitrogens is 1. The van der Waals surface area contributed by atoms with Crippen molar-refractivity contribution < 1.29 is 9.59 Å². The van der Waals surface area contributed by atoms with Gasteiger partial charge in [0.15, 0.2) is 0 Å². The summed E-state index contributed by atoms with van der Waals surface area (Å²) in [6.45, 7) is 4.68. The van der Waals surface area contributed by atoms with Crippen LogP contribution in [0.15, 0.2) is 24.5 Å². The number of carbonyl (C=O) groups is 2. The standard InChI is InChI=1S/C13H18N4O2/c1-10(13(19)17-7-5-14-6-8-17)16-12(18)11-3-2-4-15-9-11/h2-4,9-10,14H,5-8H2,1H3,(H,16,18). The molecule has 0 spiro atoms. The fraction of sp³-hybridized carbons (Fsp3) is 0.462. The third-order valence-corrected chi connectivity index (χ3v) is 3.07. The van der Waals surface area contributed by atoms with Crippen molar-refractivity contribution >= 4 is 11.8 Å². The van der Waals surface area contributed by atoms with Crippen molar-refractivity contribution in [2.24, 2.45) is 0 Å². The van der Waals surface area contributed by atoms with E-state index in [2.05, 4.69) is 15.6 Å². The molecule has 0 saturated carbocycles. The molecule has 0 radical (unpaired) electrons. The Morgan fingerprint density at radius 1 is 1.42 bits per heavy atom. The predicted molar refractivity (Wildman–Crippen MR) is 70.6 cm³/mol. The number of hydrogen-bond donors (Lipinski definition) is 2. The Hall–Kier alpha value is -1.95. The van der Waals surface area contributed by atoms with Gasteiger partial charge in [0.2, 0.25) is 5.91 Å². The first kappa shape index (κ1) is 13.5. The van der Waals surface area contributed by atoms with Crippen LogP contribution in [-0.2, 0) is 4.79 Å². The molecule has 1 fully saturated rings. The molecule has 1 aromatic heterocycles. The fourth-order valence-corrected chi connectivity index (χ4v) is 2.00. The minimum atomic E-state index is -0.522. The molecule has 2 rings (SSSR count). The van der Waals surface area contributed by atoms with Crippen LogP contribution in [0.1, 0.15) is 17.3 Å². The average molecular weight is 262 g/mol. The van der Waals surface area contributed by atoms with Crippen LogP contribution in [0.2, 0.25) is 0 Å². The van der Waals surface area contributed by atoms with Gasteiger partial charge >= 0.3 is 0 Å². The van der Waals surface area contributed by atoms with Gasteiger partial charge in [-0.3, -0.25) is 14.6 Å². The molecule has 2 amide bonds. The molecule has 1 unspecified atom stereocenters. The van der Waals surface area contributed by atoms with Crippen molar-refractivity contribution in [3.05, 3.63) is 30.1 Å². The SMILES string of the molecule is CC(NC(=O)c1cccnc1)C(=O)N1CCNCC1. The Balaban J connectivity index is 1.91. The van der Waals surface area contributed by atoms with Crippen LogP contribution in [0.4, 0.5) is 0 Å². The molecule has 1 aliphatic heterocycles. The second kappa shape index (κ2) is 6.29. The fourth-order valence-electron chi connectivity index (χ4n) is 2.00. The number of piperazine rings is 1. The van der Waals surface area contributed by atoms with Gasteiger partial charge in [-0.05, 0) is 19.1 Å². The number of carbonyl (C=O) groups excluding carboxylic acids is 2. The van der Waals surface area contributed by atoms with Crippen molar-refractivity contribution in [2.75, 3.05) is 26.2 Å². The van der Waals surface area contributed by atoms with Crippen molar-refractivity contribution in [3.8, 4) is 0 Å². The summed E-state index contributed by atoms with van der Waals surface area (Å²) in [6.07, 6.45) is 3.09. The van der Waals surface area contributed by atoms with E-state index in [1.54, 1.807) is 30.2 Å². The number of amides is 2. The zero-order valence-electron chi connectivity index (χ0n) is 10.9. The number of hydrogen-bond acceptors (Lipinski definition) is 4. The molecule has 6 heteroatoms. The summed E-state index contributed by atoms with van der Waals surface area (Å²) in [7, 11) is 0. The minimum Gasteiger partial charge on any atom is -0.340 e. The maximum Gasteiger partial charge on any atom is 0.253 e. The Labute approximate surface area is 112 Å². The molecule has 1 atom stereocenters. The van der Waals surface area contributed by atoms with Crippen molar-refractivity contribution in [2.45, 2.75) is 13.0 Å². The van der Waals surface area contributed by atoms with Gasteiger partial charge in [0, 0.05) is 38.6 Å². The van der Waals surface area contributed by atoms with Gasteiger partial charge in [0.25, 0.3) is 5.91 Å². The van der Waals surface area contributed by atoms with Gasteiger partial charge in [-0.25, -0.2) is 0 Å². The third-order valence-electron chi connectivity index (χ3n) is 3.07. The third kappa shape index (κ3) is 3.51. The van der Waals surface area contributed by atoms with Crippen LogP contribution in [-0.4, -0.2) is 53.9 Å². The molecule has 0 aromatic carbocycles. The summed E-state index contributed by atoms with van der Waals surface area (Å²) in [5.41, 5.74) is 0.461. The van der Waals surface area contributed by atoms with E-state index in [-0.39, 0.29) is 11.8 Å². The van der Waals surface area contributed by atoms with E-state index in [9.17, 15) is 9.59 Å². The van der Waals surface area contributed by atoms with E-state index in [0.29, 0.717) is 18.7 Å². The minimum absolute atomic E-state index is 0.0428. The molecular formula is C13H18N4O2. The van der Waals surface area contributed by atoms with Crippen LogP contribution < -0.4 is 10.6 Å². The molecule has 0 bridgehead atoms. The van der Waals surface area contributed by atoms with Crippen LogP contribution >= 0.6 is 0 Å². The van der Waals surface area contributed by atoms with E-state index < -0.39 is 6.04 Å². The molecule has 6 nitrogen and oxygen atoms in total. The van der Waals surface area contributed by atoms with Gasteiger partial charge in [0.1, 0.15) is 6.04 Å². The molecule has 1 aromatic rings. The van der Waals surface area contributed by atoms with Gasteiger partial charge in [0.05, 0.1) is 5.56 Å². The molecule has 102 valence electrons. The lowest BCUT2D eigenvalue weighted by Crippen LogP contribution is -2.53. The lowest BCUT2D eigenvalue weighted by Gasteiger charge is -2.30. The Bertz CT molecular complexity index is 443. The van der Waals surface area contributed by atoms with Crippen LogP contribution in [0, 0.1) is 0 Å². The molecular weight excluding hydrogens is 244 g/mol. The zero-order valence-corrected chi connectivity index (χ0v) is 10.9. The molecule has 0 aliphatic carbocycles. The summed E-state index contributed by atoms with van der Waals surface area (Å²) in [6, 6.07) is 2.84. The highest BCUT2D eigenvalue weighted by Crippen LogP contribution is 2.00. The maximum absolute atomic E-state index is 12.1. The average Bonchev–Trinajstić information content (AvgIpc) is 2.48. The molecule has 19 heavy (non-hydrogen) atoms. The van der Waals surface area contributed by atoms with Crippen molar-refractivity contribution in [1.29, 1.82) is 0 Å². The lowest BCUT2D eigenvalue weighted by atomic mass is 10.2. The normalized spacial score (nSPS) is 16.8. The second-order valence-electron chi connectivity index (χ2n) is 4.51. The van der Waals surface area contributed by atoms with Crippen LogP contribution in [0.3, 0.4) is 0 Å². The number of rotatable bonds is 3. The number of nitrogens with one attached hydrogen (secondary N) is 2. The topological polar surface area (TPSA) is 74.3 Å².